The molecule has 2 amide bonds. The quantitative estimate of drug-likeness (QED) is 0.529. The Hall–Kier alpha value is -4.11. The third kappa shape index (κ3) is 6.44. The fourth-order valence-electron chi connectivity index (χ4n) is 3.54. The summed E-state index contributed by atoms with van der Waals surface area (Å²) in [6.45, 7) is 5.55. The van der Waals surface area contributed by atoms with Crippen molar-refractivity contribution in [1.29, 1.82) is 5.26 Å². The zero-order valence-electron chi connectivity index (χ0n) is 19.0. The van der Waals surface area contributed by atoms with E-state index in [1.807, 2.05) is 61.5 Å². The second-order valence-electron chi connectivity index (χ2n) is 7.83. The first-order chi connectivity index (χ1) is 15.9. The summed E-state index contributed by atoms with van der Waals surface area (Å²) in [6, 6.07) is 25.8. The second-order valence-corrected chi connectivity index (χ2v) is 7.83. The summed E-state index contributed by atoms with van der Waals surface area (Å²) in [7, 11) is 0. The summed E-state index contributed by atoms with van der Waals surface area (Å²) < 4.78 is 5.90. The van der Waals surface area contributed by atoms with Crippen LogP contribution in [-0.2, 0) is 16.1 Å². The summed E-state index contributed by atoms with van der Waals surface area (Å²) in [5.41, 5.74) is 3.11. The monoisotopic (exact) mass is 441 g/mol. The molecule has 6 heteroatoms. The zero-order valence-corrected chi connectivity index (χ0v) is 19.0. The third-order valence-corrected chi connectivity index (χ3v) is 5.28. The Morgan fingerprint density at radius 3 is 2.33 bits per heavy atom. The smallest absolute Gasteiger partial charge is 0.264 e. The van der Waals surface area contributed by atoms with Gasteiger partial charge in [0.05, 0.1) is 17.7 Å². The van der Waals surface area contributed by atoms with Crippen molar-refractivity contribution >= 4 is 17.5 Å². The van der Waals surface area contributed by atoms with E-state index >= 15 is 0 Å². The van der Waals surface area contributed by atoms with Crippen molar-refractivity contribution in [3.8, 4) is 11.8 Å². The van der Waals surface area contributed by atoms with Gasteiger partial charge >= 0.3 is 0 Å². The molecule has 0 saturated carbocycles. The molecular formula is C27H27N3O3. The lowest BCUT2D eigenvalue weighted by Crippen LogP contribution is -2.41. The summed E-state index contributed by atoms with van der Waals surface area (Å²) in [5, 5.41) is 11.8. The van der Waals surface area contributed by atoms with E-state index in [0.717, 1.165) is 11.1 Å². The molecule has 0 radical (unpaired) electrons. The molecule has 168 valence electrons. The number of hydrogen-bond acceptors (Lipinski definition) is 4. The molecule has 0 bridgehead atoms. The number of nitrogens with zero attached hydrogens (tertiary/aromatic N) is 2. The molecule has 1 N–H and O–H groups in total. The Kier molecular flexibility index (Phi) is 7.82. The van der Waals surface area contributed by atoms with E-state index in [4.69, 9.17) is 10.00 Å². The van der Waals surface area contributed by atoms with Crippen LogP contribution in [0.25, 0.3) is 0 Å². The minimum Gasteiger partial charge on any atom is -0.481 e. The number of carbonyl (C=O) groups excluding carboxylic acids is 2. The number of hydrogen-bond donors (Lipinski definition) is 1. The maximum atomic E-state index is 13.5. The van der Waals surface area contributed by atoms with Crippen LogP contribution in [0, 0.1) is 11.3 Å². The Morgan fingerprint density at radius 1 is 1.00 bits per heavy atom. The van der Waals surface area contributed by atoms with E-state index in [1.54, 1.807) is 36.1 Å². The highest BCUT2D eigenvalue weighted by molar-refractivity contribution is 5.88. The van der Waals surface area contributed by atoms with Gasteiger partial charge in [-0.25, -0.2) is 0 Å². The lowest BCUT2D eigenvalue weighted by atomic mass is 10.0. The molecule has 2 atom stereocenters. The lowest BCUT2D eigenvalue weighted by Gasteiger charge is -2.32. The standard InChI is InChI=1S/C27H27N3O3/c1-19(24-10-7-11-25(16-24)29-21(3)31)30(18-23-8-5-4-6-9-23)27(32)20(2)33-26-14-12-22(17-28)13-15-26/h4-16,19-20H,18H2,1-3H3,(H,29,31). The molecule has 3 aromatic rings. The van der Waals surface area contributed by atoms with Crippen LogP contribution in [0.15, 0.2) is 78.9 Å². The van der Waals surface area contributed by atoms with Gasteiger partial charge in [0.1, 0.15) is 5.75 Å². The number of carbonyl (C=O) groups is 2. The number of benzene rings is 3. The van der Waals surface area contributed by atoms with Crippen molar-refractivity contribution in [2.75, 3.05) is 5.32 Å². The number of nitrogens with one attached hydrogen (secondary N) is 1. The van der Waals surface area contributed by atoms with Crippen molar-refractivity contribution in [1.82, 2.24) is 4.90 Å². The van der Waals surface area contributed by atoms with Gasteiger partial charge in [-0.05, 0) is 61.4 Å². The topological polar surface area (TPSA) is 82.4 Å². The molecule has 2 unspecified atom stereocenters. The third-order valence-electron chi connectivity index (χ3n) is 5.28. The van der Waals surface area contributed by atoms with Gasteiger partial charge in [-0.1, -0.05) is 42.5 Å². The average molecular weight is 442 g/mol. The van der Waals surface area contributed by atoms with Crippen molar-refractivity contribution < 1.29 is 14.3 Å². The lowest BCUT2D eigenvalue weighted by molar-refractivity contribution is -0.141. The molecular weight excluding hydrogens is 414 g/mol. The second kappa shape index (κ2) is 11.0. The fraction of sp³-hybridized carbons (Fsp3) is 0.222. The van der Waals surface area contributed by atoms with Gasteiger partial charge in [-0.2, -0.15) is 5.26 Å². The molecule has 0 aliphatic heterocycles. The average Bonchev–Trinajstić information content (AvgIpc) is 2.82. The van der Waals surface area contributed by atoms with Crippen LogP contribution in [0.4, 0.5) is 5.69 Å². The van der Waals surface area contributed by atoms with Gasteiger partial charge in [0.15, 0.2) is 6.10 Å². The SMILES string of the molecule is CC(=O)Nc1cccc(C(C)N(Cc2ccccc2)C(=O)C(C)Oc2ccc(C#N)cc2)c1. The molecule has 0 aliphatic carbocycles. The van der Waals surface area contributed by atoms with Gasteiger partial charge in [0.25, 0.3) is 5.91 Å². The van der Waals surface area contributed by atoms with Crippen molar-refractivity contribution in [3.63, 3.8) is 0 Å². The van der Waals surface area contributed by atoms with E-state index < -0.39 is 6.10 Å². The maximum Gasteiger partial charge on any atom is 0.264 e. The molecule has 3 rings (SSSR count). The summed E-state index contributed by atoms with van der Waals surface area (Å²) in [5.74, 6) is 0.205. The van der Waals surface area contributed by atoms with Crippen LogP contribution >= 0.6 is 0 Å². The molecule has 33 heavy (non-hydrogen) atoms. The highest BCUT2D eigenvalue weighted by atomic mass is 16.5. The van der Waals surface area contributed by atoms with Crippen LogP contribution in [0.3, 0.4) is 0 Å². The van der Waals surface area contributed by atoms with Gasteiger partial charge in [0.2, 0.25) is 5.91 Å². The first kappa shape index (κ1) is 23.6. The normalized spacial score (nSPS) is 12.2. The maximum absolute atomic E-state index is 13.5. The van der Waals surface area contributed by atoms with Crippen LogP contribution in [0.2, 0.25) is 0 Å². The summed E-state index contributed by atoms with van der Waals surface area (Å²) >= 11 is 0. The molecule has 0 fully saturated rings. The Balaban J connectivity index is 1.85. The van der Waals surface area contributed by atoms with Crippen molar-refractivity contribution in [2.24, 2.45) is 0 Å². The van der Waals surface area contributed by atoms with E-state index in [-0.39, 0.29) is 17.9 Å². The fourth-order valence-corrected chi connectivity index (χ4v) is 3.54. The Bertz CT molecular complexity index is 1140. The first-order valence-corrected chi connectivity index (χ1v) is 10.8. The number of amides is 2. The van der Waals surface area contributed by atoms with Crippen LogP contribution in [0.1, 0.15) is 43.5 Å². The molecule has 0 aromatic heterocycles. The summed E-state index contributed by atoms with van der Waals surface area (Å²) in [6.07, 6.45) is -0.734. The van der Waals surface area contributed by atoms with Crippen LogP contribution in [0.5, 0.6) is 5.75 Å². The van der Waals surface area contributed by atoms with E-state index in [1.165, 1.54) is 6.92 Å². The number of rotatable bonds is 8. The van der Waals surface area contributed by atoms with Gasteiger partial charge in [-0.15, -0.1) is 0 Å². The highest BCUT2D eigenvalue weighted by Gasteiger charge is 2.27. The molecule has 3 aromatic carbocycles. The highest BCUT2D eigenvalue weighted by Crippen LogP contribution is 2.26. The van der Waals surface area contributed by atoms with E-state index in [9.17, 15) is 9.59 Å². The van der Waals surface area contributed by atoms with Crippen LogP contribution < -0.4 is 10.1 Å². The predicted molar refractivity (Wildman–Crippen MR) is 127 cm³/mol. The largest absolute Gasteiger partial charge is 0.481 e. The van der Waals surface area contributed by atoms with Gasteiger partial charge in [-0.3, -0.25) is 9.59 Å². The van der Waals surface area contributed by atoms with E-state index in [0.29, 0.717) is 23.5 Å². The number of nitriles is 1. The Morgan fingerprint density at radius 2 is 1.70 bits per heavy atom. The van der Waals surface area contributed by atoms with Gasteiger partial charge in [0, 0.05) is 19.2 Å². The predicted octanol–water partition coefficient (Wildman–Crippen LogP) is 5.07. The Labute approximate surface area is 194 Å². The molecule has 0 saturated heterocycles. The number of anilines is 1. The molecule has 0 spiro atoms. The molecule has 0 heterocycles. The van der Waals surface area contributed by atoms with Gasteiger partial charge < -0.3 is 15.0 Å². The zero-order chi connectivity index (χ0) is 23.8. The molecule has 6 nitrogen and oxygen atoms in total. The molecule has 0 aliphatic rings. The summed E-state index contributed by atoms with van der Waals surface area (Å²) in [4.78, 5) is 26.8. The van der Waals surface area contributed by atoms with Crippen molar-refractivity contribution in [2.45, 2.75) is 39.5 Å². The minimum atomic E-state index is -0.734. The minimum absolute atomic E-state index is 0.151. The number of ether oxygens (including phenoxy) is 1. The van der Waals surface area contributed by atoms with E-state index in [2.05, 4.69) is 11.4 Å². The van der Waals surface area contributed by atoms with Crippen molar-refractivity contribution in [3.05, 3.63) is 95.6 Å². The van der Waals surface area contributed by atoms with Crippen LogP contribution in [-0.4, -0.2) is 22.8 Å². The first-order valence-electron chi connectivity index (χ1n) is 10.8.